The van der Waals surface area contributed by atoms with Gasteiger partial charge in [0.2, 0.25) is 0 Å². The van der Waals surface area contributed by atoms with Crippen molar-refractivity contribution in [1.82, 2.24) is 0 Å². The lowest BCUT2D eigenvalue weighted by Gasteiger charge is -2.32. The summed E-state index contributed by atoms with van der Waals surface area (Å²) in [6.45, 7) is 0. The molecule has 2 fully saturated rings. The molecule has 2 rings (SSSR count). The van der Waals surface area contributed by atoms with Crippen LogP contribution in [0.3, 0.4) is 0 Å². The van der Waals surface area contributed by atoms with E-state index in [1.807, 2.05) is 0 Å². The van der Waals surface area contributed by atoms with Crippen molar-refractivity contribution >= 4 is 0 Å². The van der Waals surface area contributed by atoms with E-state index >= 15 is 0 Å². The molecular formula is C8H13F2N. The number of rotatable bonds is 1. The van der Waals surface area contributed by atoms with E-state index in [1.165, 1.54) is 0 Å². The number of hydrogen-bond donors (Lipinski definition) is 1. The molecule has 2 N–H and O–H groups in total. The van der Waals surface area contributed by atoms with Crippen LogP contribution in [0.4, 0.5) is 8.78 Å². The smallest absolute Gasteiger partial charge is 0.256 e. The summed E-state index contributed by atoms with van der Waals surface area (Å²) in [5, 5.41) is 0. The van der Waals surface area contributed by atoms with Crippen molar-refractivity contribution < 1.29 is 8.78 Å². The summed E-state index contributed by atoms with van der Waals surface area (Å²) in [6.07, 6.45) is 1.22. The molecule has 2 aliphatic rings. The van der Waals surface area contributed by atoms with Crippen LogP contribution in [0.25, 0.3) is 0 Å². The molecule has 3 heteroatoms. The van der Waals surface area contributed by atoms with E-state index in [1.54, 1.807) is 0 Å². The quantitative estimate of drug-likeness (QED) is 0.623. The Balaban J connectivity index is 2.16. The molecule has 2 bridgehead atoms. The predicted octanol–water partition coefficient (Wildman–Crippen LogP) is 1.77. The Labute approximate surface area is 65.0 Å². The second kappa shape index (κ2) is 2.16. The maximum Gasteiger partial charge on any atom is 0.256 e. The monoisotopic (exact) mass is 161 g/mol. The highest BCUT2D eigenvalue weighted by Gasteiger charge is 2.53. The van der Waals surface area contributed by atoms with Gasteiger partial charge in [-0.05, 0) is 31.1 Å². The normalized spacial score (nSPS) is 49.1. The van der Waals surface area contributed by atoms with Gasteiger partial charge in [0, 0.05) is 0 Å². The maximum atomic E-state index is 12.5. The summed E-state index contributed by atoms with van der Waals surface area (Å²) in [7, 11) is 0. The molecule has 64 valence electrons. The fourth-order valence-corrected chi connectivity index (χ4v) is 2.68. The van der Waals surface area contributed by atoms with Crippen LogP contribution in [0.5, 0.6) is 0 Å². The van der Waals surface area contributed by atoms with Crippen molar-refractivity contribution in [2.24, 2.45) is 17.6 Å². The average molecular weight is 161 g/mol. The Morgan fingerprint density at radius 3 is 2.36 bits per heavy atom. The number of nitrogens with two attached hydrogens (primary N) is 1. The van der Waals surface area contributed by atoms with Crippen LogP contribution in [0.1, 0.15) is 25.7 Å². The molecule has 0 aromatic rings. The standard InChI is InChI=1S/C8H13F2N/c9-7(10)8(11)4-5-1-2-6(8)3-5/h5-7H,1-4,11H2. The lowest BCUT2D eigenvalue weighted by molar-refractivity contribution is 0.0208. The highest BCUT2D eigenvalue weighted by molar-refractivity contribution is 5.05. The van der Waals surface area contributed by atoms with Crippen molar-refractivity contribution in [3.63, 3.8) is 0 Å². The fourth-order valence-electron chi connectivity index (χ4n) is 2.68. The van der Waals surface area contributed by atoms with E-state index < -0.39 is 12.0 Å². The molecule has 0 aromatic carbocycles. The molecule has 0 heterocycles. The van der Waals surface area contributed by atoms with Crippen molar-refractivity contribution in [1.29, 1.82) is 0 Å². The summed E-state index contributed by atoms with van der Waals surface area (Å²) in [4.78, 5) is 0. The van der Waals surface area contributed by atoms with E-state index in [-0.39, 0.29) is 5.92 Å². The van der Waals surface area contributed by atoms with Crippen LogP contribution in [0, 0.1) is 11.8 Å². The Bertz CT molecular complexity index is 171. The molecule has 3 unspecified atom stereocenters. The first kappa shape index (κ1) is 7.47. The van der Waals surface area contributed by atoms with Crippen molar-refractivity contribution in [3.8, 4) is 0 Å². The first-order valence-electron chi connectivity index (χ1n) is 4.20. The first-order valence-corrected chi connectivity index (χ1v) is 4.20. The van der Waals surface area contributed by atoms with Gasteiger partial charge in [-0.3, -0.25) is 0 Å². The van der Waals surface area contributed by atoms with Gasteiger partial charge in [0.25, 0.3) is 6.43 Å². The van der Waals surface area contributed by atoms with Gasteiger partial charge in [-0.25, -0.2) is 8.78 Å². The van der Waals surface area contributed by atoms with E-state index in [0.29, 0.717) is 12.3 Å². The predicted molar refractivity (Wildman–Crippen MR) is 38.4 cm³/mol. The molecule has 2 aliphatic carbocycles. The number of alkyl halides is 2. The maximum absolute atomic E-state index is 12.5. The van der Waals surface area contributed by atoms with Gasteiger partial charge in [0.1, 0.15) is 0 Å². The van der Waals surface area contributed by atoms with Crippen LogP contribution in [-0.2, 0) is 0 Å². The van der Waals surface area contributed by atoms with E-state index in [0.717, 1.165) is 19.3 Å². The Morgan fingerprint density at radius 2 is 2.09 bits per heavy atom. The molecule has 0 aromatic heterocycles. The molecule has 2 saturated carbocycles. The molecule has 0 saturated heterocycles. The van der Waals surface area contributed by atoms with E-state index in [4.69, 9.17) is 5.73 Å². The third-order valence-electron chi connectivity index (χ3n) is 3.35. The zero-order chi connectivity index (χ0) is 8.06. The first-order chi connectivity index (χ1) is 5.13. The Morgan fingerprint density at radius 1 is 1.36 bits per heavy atom. The fraction of sp³-hybridized carbons (Fsp3) is 1.00. The molecule has 0 spiro atoms. The van der Waals surface area contributed by atoms with Crippen LogP contribution in [0.15, 0.2) is 0 Å². The van der Waals surface area contributed by atoms with Crippen LogP contribution < -0.4 is 5.73 Å². The SMILES string of the molecule is NC1(C(F)F)CC2CCC1C2. The second-order valence-electron chi connectivity index (χ2n) is 3.99. The van der Waals surface area contributed by atoms with Crippen molar-refractivity contribution in [2.75, 3.05) is 0 Å². The molecule has 0 aliphatic heterocycles. The van der Waals surface area contributed by atoms with Crippen LogP contribution in [-0.4, -0.2) is 12.0 Å². The van der Waals surface area contributed by atoms with Gasteiger partial charge in [0.05, 0.1) is 5.54 Å². The highest BCUT2D eigenvalue weighted by atomic mass is 19.3. The molecule has 0 radical (unpaired) electrons. The minimum atomic E-state index is -2.32. The van der Waals surface area contributed by atoms with Gasteiger partial charge in [-0.15, -0.1) is 0 Å². The Hall–Kier alpha value is -0.180. The van der Waals surface area contributed by atoms with Gasteiger partial charge in [0.15, 0.2) is 0 Å². The minimum absolute atomic E-state index is 0.104. The number of halogens is 2. The van der Waals surface area contributed by atoms with Crippen molar-refractivity contribution in [3.05, 3.63) is 0 Å². The highest BCUT2D eigenvalue weighted by Crippen LogP contribution is 2.51. The topological polar surface area (TPSA) is 26.0 Å². The molecular weight excluding hydrogens is 148 g/mol. The van der Waals surface area contributed by atoms with Gasteiger partial charge in [-0.2, -0.15) is 0 Å². The minimum Gasteiger partial charge on any atom is -0.320 e. The molecule has 1 nitrogen and oxygen atoms in total. The zero-order valence-corrected chi connectivity index (χ0v) is 6.39. The lowest BCUT2D eigenvalue weighted by atomic mass is 9.82. The summed E-state index contributed by atoms with van der Waals surface area (Å²) >= 11 is 0. The van der Waals surface area contributed by atoms with Gasteiger partial charge >= 0.3 is 0 Å². The summed E-state index contributed by atoms with van der Waals surface area (Å²) in [5.74, 6) is 0.603. The van der Waals surface area contributed by atoms with Gasteiger partial charge < -0.3 is 5.73 Å². The summed E-state index contributed by atoms with van der Waals surface area (Å²) in [6, 6.07) is 0. The average Bonchev–Trinajstić information content (AvgIpc) is 2.45. The van der Waals surface area contributed by atoms with Gasteiger partial charge in [-0.1, -0.05) is 6.42 Å². The second-order valence-corrected chi connectivity index (χ2v) is 3.99. The molecule has 3 atom stereocenters. The summed E-state index contributed by atoms with van der Waals surface area (Å²) < 4.78 is 24.9. The van der Waals surface area contributed by atoms with Crippen LogP contribution >= 0.6 is 0 Å². The Kier molecular flexibility index (Phi) is 1.46. The van der Waals surface area contributed by atoms with E-state index in [9.17, 15) is 8.78 Å². The molecule has 0 amide bonds. The summed E-state index contributed by atoms with van der Waals surface area (Å²) in [5.41, 5.74) is 4.51. The zero-order valence-electron chi connectivity index (χ0n) is 6.39. The third kappa shape index (κ3) is 0.901. The van der Waals surface area contributed by atoms with E-state index in [2.05, 4.69) is 0 Å². The third-order valence-corrected chi connectivity index (χ3v) is 3.35. The number of fused-ring (bicyclic) bond motifs is 2. The molecule has 11 heavy (non-hydrogen) atoms. The van der Waals surface area contributed by atoms with Crippen LogP contribution in [0.2, 0.25) is 0 Å². The number of hydrogen-bond acceptors (Lipinski definition) is 1. The lowest BCUT2D eigenvalue weighted by Crippen LogP contribution is -2.51. The van der Waals surface area contributed by atoms with Crippen molar-refractivity contribution in [2.45, 2.75) is 37.6 Å². The largest absolute Gasteiger partial charge is 0.320 e.